The van der Waals surface area contributed by atoms with Crippen molar-refractivity contribution >= 4 is 0 Å². The zero-order chi connectivity index (χ0) is 9.10. The van der Waals surface area contributed by atoms with Gasteiger partial charge in [-0.25, -0.2) is 4.98 Å². The molecule has 0 spiro atoms. The van der Waals surface area contributed by atoms with Crippen LogP contribution in [0.4, 0.5) is 0 Å². The number of aromatic nitrogens is 2. The van der Waals surface area contributed by atoms with Crippen molar-refractivity contribution in [1.29, 1.82) is 0 Å². The van der Waals surface area contributed by atoms with Crippen LogP contribution in [0.1, 0.15) is 25.5 Å². The van der Waals surface area contributed by atoms with Crippen molar-refractivity contribution in [3.05, 3.63) is 18.2 Å². The van der Waals surface area contributed by atoms with Crippen molar-refractivity contribution in [2.45, 2.75) is 32.9 Å². The summed E-state index contributed by atoms with van der Waals surface area (Å²) in [5.41, 5.74) is 1.31. The number of nitrogens with one attached hydrogen (secondary N) is 1. The third kappa shape index (κ3) is 2.31. The zero-order valence-corrected chi connectivity index (χ0v) is 8.16. The van der Waals surface area contributed by atoms with Gasteiger partial charge in [0.2, 0.25) is 0 Å². The Morgan fingerprint density at radius 2 is 2.46 bits per heavy atom. The van der Waals surface area contributed by atoms with Crippen LogP contribution >= 0.6 is 0 Å². The number of nitrogens with zero attached hydrogens (tertiary/aromatic N) is 2. The molecule has 0 atom stereocenters. The van der Waals surface area contributed by atoms with Gasteiger partial charge >= 0.3 is 0 Å². The van der Waals surface area contributed by atoms with Gasteiger partial charge < -0.3 is 9.88 Å². The molecule has 1 aromatic heterocycles. The molecule has 3 heteroatoms. The maximum atomic E-state index is 4.18. The first-order chi connectivity index (χ1) is 6.40. The Balaban J connectivity index is 1.93. The standard InChI is InChI=1S/C10H17N3/c1-2-11-5-10-6-12-8-13(10)7-9-3-4-9/h6,8-9,11H,2-5,7H2,1H3. The Morgan fingerprint density at radius 3 is 3.15 bits per heavy atom. The van der Waals surface area contributed by atoms with E-state index in [-0.39, 0.29) is 0 Å². The van der Waals surface area contributed by atoms with E-state index in [2.05, 4.69) is 21.8 Å². The Bertz CT molecular complexity index is 263. The molecule has 1 aliphatic carbocycles. The van der Waals surface area contributed by atoms with Crippen LogP contribution in [-0.4, -0.2) is 16.1 Å². The number of hydrogen-bond donors (Lipinski definition) is 1. The lowest BCUT2D eigenvalue weighted by Crippen LogP contribution is -2.15. The molecule has 0 amide bonds. The minimum atomic E-state index is 0.926. The van der Waals surface area contributed by atoms with Gasteiger partial charge in [-0.15, -0.1) is 0 Å². The smallest absolute Gasteiger partial charge is 0.0948 e. The Kier molecular flexibility index (Phi) is 2.64. The maximum absolute atomic E-state index is 4.18. The lowest BCUT2D eigenvalue weighted by atomic mass is 10.4. The van der Waals surface area contributed by atoms with Crippen molar-refractivity contribution < 1.29 is 0 Å². The van der Waals surface area contributed by atoms with Crippen LogP contribution in [0, 0.1) is 5.92 Å². The van der Waals surface area contributed by atoms with Crippen molar-refractivity contribution in [1.82, 2.24) is 14.9 Å². The van der Waals surface area contributed by atoms with E-state index >= 15 is 0 Å². The van der Waals surface area contributed by atoms with E-state index in [1.807, 2.05) is 12.5 Å². The van der Waals surface area contributed by atoms with E-state index in [0.717, 1.165) is 19.0 Å². The van der Waals surface area contributed by atoms with Crippen molar-refractivity contribution in [3.8, 4) is 0 Å². The molecule has 0 bridgehead atoms. The fraction of sp³-hybridized carbons (Fsp3) is 0.700. The lowest BCUT2D eigenvalue weighted by Gasteiger charge is -2.06. The fourth-order valence-corrected chi connectivity index (χ4v) is 1.49. The molecule has 0 aliphatic heterocycles. The van der Waals surface area contributed by atoms with E-state index in [1.165, 1.54) is 25.1 Å². The van der Waals surface area contributed by atoms with E-state index in [0.29, 0.717) is 0 Å². The van der Waals surface area contributed by atoms with Gasteiger partial charge in [-0.2, -0.15) is 0 Å². The fourth-order valence-electron chi connectivity index (χ4n) is 1.49. The first-order valence-electron chi connectivity index (χ1n) is 5.10. The molecule has 13 heavy (non-hydrogen) atoms. The monoisotopic (exact) mass is 179 g/mol. The van der Waals surface area contributed by atoms with Crippen molar-refractivity contribution in [2.24, 2.45) is 5.92 Å². The largest absolute Gasteiger partial charge is 0.333 e. The van der Waals surface area contributed by atoms with Gasteiger partial charge in [0.1, 0.15) is 0 Å². The van der Waals surface area contributed by atoms with Crippen LogP contribution in [-0.2, 0) is 13.1 Å². The van der Waals surface area contributed by atoms with Gasteiger partial charge in [-0.05, 0) is 25.3 Å². The summed E-state index contributed by atoms with van der Waals surface area (Å²) in [7, 11) is 0. The highest BCUT2D eigenvalue weighted by Gasteiger charge is 2.22. The number of hydrogen-bond acceptors (Lipinski definition) is 2. The average molecular weight is 179 g/mol. The van der Waals surface area contributed by atoms with Gasteiger partial charge in [0.05, 0.1) is 12.0 Å². The summed E-state index contributed by atoms with van der Waals surface area (Å²) < 4.78 is 2.28. The van der Waals surface area contributed by atoms with Crippen LogP contribution in [0.15, 0.2) is 12.5 Å². The quantitative estimate of drug-likeness (QED) is 0.740. The second-order valence-corrected chi connectivity index (χ2v) is 3.76. The van der Waals surface area contributed by atoms with Crippen molar-refractivity contribution in [2.75, 3.05) is 6.54 Å². The van der Waals surface area contributed by atoms with E-state index in [1.54, 1.807) is 0 Å². The first kappa shape index (κ1) is 8.75. The minimum absolute atomic E-state index is 0.926. The van der Waals surface area contributed by atoms with Crippen LogP contribution in [0.3, 0.4) is 0 Å². The number of rotatable bonds is 5. The molecule has 0 saturated heterocycles. The average Bonchev–Trinajstić information content (AvgIpc) is 2.82. The Labute approximate surface area is 79.2 Å². The molecule has 1 N–H and O–H groups in total. The first-order valence-corrected chi connectivity index (χ1v) is 5.10. The predicted octanol–water partition coefficient (Wildman–Crippen LogP) is 1.40. The summed E-state index contributed by atoms with van der Waals surface area (Å²) >= 11 is 0. The predicted molar refractivity (Wildman–Crippen MR) is 52.3 cm³/mol. The molecule has 0 unspecified atom stereocenters. The van der Waals surface area contributed by atoms with E-state index in [9.17, 15) is 0 Å². The van der Waals surface area contributed by atoms with Gasteiger partial charge in [0, 0.05) is 19.3 Å². The summed E-state index contributed by atoms with van der Waals surface area (Å²) in [6.45, 7) is 5.26. The van der Waals surface area contributed by atoms with Crippen LogP contribution < -0.4 is 5.32 Å². The molecule has 1 saturated carbocycles. The molecular formula is C10H17N3. The summed E-state index contributed by atoms with van der Waals surface area (Å²) in [5, 5.41) is 3.32. The van der Waals surface area contributed by atoms with Gasteiger partial charge in [0.15, 0.2) is 0 Å². The molecule has 1 aliphatic rings. The molecule has 0 aromatic carbocycles. The molecule has 0 radical (unpaired) electrons. The summed E-state index contributed by atoms with van der Waals surface area (Å²) in [5.74, 6) is 0.926. The molecule has 1 heterocycles. The summed E-state index contributed by atoms with van der Waals surface area (Å²) in [6.07, 6.45) is 6.72. The normalized spacial score (nSPS) is 16.4. The topological polar surface area (TPSA) is 29.9 Å². The third-order valence-corrected chi connectivity index (χ3v) is 2.51. The van der Waals surface area contributed by atoms with Gasteiger partial charge in [-0.1, -0.05) is 6.92 Å². The van der Waals surface area contributed by atoms with Crippen LogP contribution in [0.5, 0.6) is 0 Å². The molecule has 2 rings (SSSR count). The molecule has 1 fully saturated rings. The van der Waals surface area contributed by atoms with Crippen LogP contribution in [0.2, 0.25) is 0 Å². The van der Waals surface area contributed by atoms with Gasteiger partial charge in [-0.3, -0.25) is 0 Å². The maximum Gasteiger partial charge on any atom is 0.0948 e. The molecule has 3 nitrogen and oxygen atoms in total. The summed E-state index contributed by atoms with van der Waals surface area (Å²) in [6, 6.07) is 0. The van der Waals surface area contributed by atoms with Crippen LogP contribution in [0.25, 0.3) is 0 Å². The molecular weight excluding hydrogens is 162 g/mol. The highest BCUT2D eigenvalue weighted by molar-refractivity contribution is 4.98. The molecule has 72 valence electrons. The van der Waals surface area contributed by atoms with E-state index < -0.39 is 0 Å². The Hall–Kier alpha value is -0.830. The van der Waals surface area contributed by atoms with Gasteiger partial charge in [0.25, 0.3) is 0 Å². The summed E-state index contributed by atoms with van der Waals surface area (Å²) in [4.78, 5) is 4.18. The molecule has 1 aromatic rings. The number of imidazole rings is 1. The highest BCUT2D eigenvalue weighted by Crippen LogP contribution is 2.30. The van der Waals surface area contributed by atoms with Crippen molar-refractivity contribution in [3.63, 3.8) is 0 Å². The van der Waals surface area contributed by atoms with E-state index in [4.69, 9.17) is 0 Å². The SMILES string of the molecule is CCNCc1cncn1CC1CC1. The lowest BCUT2D eigenvalue weighted by molar-refractivity contribution is 0.580. The third-order valence-electron chi connectivity index (χ3n) is 2.51. The minimum Gasteiger partial charge on any atom is -0.333 e. The second kappa shape index (κ2) is 3.92. The zero-order valence-electron chi connectivity index (χ0n) is 8.16. The Morgan fingerprint density at radius 1 is 1.62 bits per heavy atom. The second-order valence-electron chi connectivity index (χ2n) is 3.76. The highest BCUT2D eigenvalue weighted by atomic mass is 15.1.